The van der Waals surface area contributed by atoms with E-state index in [1.165, 1.54) is 12.8 Å². The Kier molecular flexibility index (Phi) is 4.88. The molecule has 0 radical (unpaired) electrons. The molecule has 1 saturated heterocycles. The summed E-state index contributed by atoms with van der Waals surface area (Å²) in [5, 5.41) is 0. The molecule has 3 heteroatoms. The maximum absolute atomic E-state index is 12.8. The maximum atomic E-state index is 12.8. The van der Waals surface area contributed by atoms with Gasteiger partial charge in [-0.1, -0.05) is 12.8 Å². The van der Waals surface area contributed by atoms with Crippen molar-refractivity contribution in [3.05, 3.63) is 6.92 Å². The van der Waals surface area contributed by atoms with Gasteiger partial charge in [0.15, 0.2) is 0 Å². The fourth-order valence-electron chi connectivity index (χ4n) is 1.87. The standard InChI is InChI=1S/C10H17FN.K/c1-10(4-5-10)8-12-6-2-9(11)3-7-12;/h9H,1-8H2;/q-1;+1. The predicted octanol–water partition coefficient (Wildman–Crippen LogP) is -0.961. The van der Waals surface area contributed by atoms with Gasteiger partial charge in [0.25, 0.3) is 0 Å². The van der Waals surface area contributed by atoms with Gasteiger partial charge in [0.1, 0.15) is 6.17 Å². The van der Waals surface area contributed by atoms with Gasteiger partial charge in [-0.05, 0) is 19.4 Å². The Morgan fingerprint density at radius 3 is 2.31 bits per heavy atom. The fraction of sp³-hybridized carbons (Fsp3) is 0.900. The van der Waals surface area contributed by atoms with Crippen LogP contribution in [0.5, 0.6) is 0 Å². The van der Waals surface area contributed by atoms with Gasteiger partial charge in [-0.3, -0.25) is 0 Å². The average molecular weight is 209 g/mol. The molecule has 0 aromatic carbocycles. The molecule has 2 aliphatic rings. The van der Waals surface area contributed by atoms with Gasteiger partial charge in [0.05, 0.1) is 0 Å². The molecule has 0 unspecified atom stereocenters. The quantitative estimate of drug-likeness (QED) is 0.418. The molecular formula is C10H17FKN. The molecule has 0 aromatic rings. The van der Waals surface area contributed by atoms with Crippen molar-refractivity contribution in [2.24, 2.45) is 5.41 Å². The second-order valence-corrected chi connectivity index (χ2v) is 4.45. The number of piperidine rings is 1. The molecule has 1 aliphatic heterocycles. The second-order valence-electron chi connectivity index (χ2n) is 4.45. The zero-order valence-electron chi connectivity index (χ0n) is 8.56. The van der Waals surface area contributed by atoms with Gasteiger partial charge in [-0.15, -0.1) is 5.41 Å². The van der Waals surface area contributed by atoms with Crippen LogP contribution in [0.15, 0.2) is 0 Å². The Morgan fingerprint density at radius 1 is 1.31 bits per heavy atom. The molecule has 70 valence electrons. The Morgan fingerprint density at radius 2 is 1.85 bits per heavy atom. The SMILES string of the molecule is [CH2-]C1(CN2CCC(F)CC2)CC1.[K+]. The van der Waals surface area contributed by atoms with Crippen LogP contribution in [-0.4, -0.2) is 30.7 Å². The average Bonchev–Trinajstić information content (AvgIpc) is 2.74. The summed E-state index contributed by atoms with van der Waals surface area (Å²) < 4.78 is 12.8. The van der Waals surface area contributed by atoms with Crippen LogP contribution in [0.1, 0.15) is 25.7 Å². The summed E-state index contributed by atoms with van der Waals surface area (Å²) in [7, 11) is 0. The van der Waals surface area contributed by atoms with Crippen LogP contribution in [0.3, 0.4) is 0 Å². The summed E-state index contributed by atoms with van der Waals surface area (Å²) in [4.78, 5) is 2.37. The van der Waals surface area contributed by atoms with E-state index in [1.54, 1.807) is 0 Å². The first kappa shape index (κ1) is 12.6. The molecular weight excluding hydrogens is 192 g/mol. The van der Waals surface area contributed by atoms with Crippen molar-refractivity contribution in [3.8, 4) is 0 Å². The molecule has 0 aromatic heterocycles. The Bertz CT molecular complexity index is 162. The van der Waals surface area contributed by atoms with Crippen LogP contribution in [0.2, 0.25) is 0 Å². The number of rotatable bonds is 2. The molecule has 13 heavy (non-hydrogen) atoms. The van der Waals surface area contributed by atoms with Gasteiger partial charge in [0, 0.05) is 13.1 Å². The van der Waals surface area contributed by atoms with Gasteiger partial charge in [-0.25, -0.2) is 4.39 Å². The van der Waals surface area contributed by atoms with E-state index in [2.05, 4.69) is 11.8 Å². The predicted molar refractivity (Wildman–Crippen MR) is 47.6 cm³/mol. The molecule has 0 amide bonds. The van der Waals surface area contributed by atoms with Crippen molar-refractivity contribution in [2.75, 3.05) is 19.6 Å². The van der Waals surface area contributed by atoms with Crippen molar-refractivity contribution >= 4 is 0 Å². The Balaban J connectivity index is 0.000000845. The van der Waals surface area contributed by atoms with E-state index >= 15 is 0 Å². The van der Waals surface area contributed by atoms with E-state index in [9.17, 15) is 4.39 Å². The monoisotopic (exact) mass is 209 g/mol. The first-order valence-electron chi connectivity index (χ1n) is 4.90. The van der Waals surface area contributed by atoms with Crippen LogP contribution in [-0.2, 0) is 0 Å². The minimum atomic E-state index is -0.541. The Hall–Kier alpha value is 1.53. The molecule has 1 nitrogen and oxygen atoms in total. The van der Waals surface area contributed by atoms with Crippen LogP contribution in [0.4, 0.5) is 4.39 Å². The molecule has 2 rings (SSSR count). The van der Waals surface area contributed by atoms with Crippen LogP contribution >= 0.6 is 0 Å². The van der Waals surface area contributed by atoms with Crippen molar-refractivity contribution < 1.29 is 55.8 Å². The molecule has 1 saturated carbocycles. The maximum Gasteiger partial charge on any atom is 1.00 e. The van der Waals surface area contributed by atoms with Crippen molar-refractivity contribution in [3.63, 3.8) is 0 Å². The summed E-state index contributed by atoms with van der Waals surface area (Å²) in [5.74, 6) is 0. The van der Waals surface area contributed by atoms with E-state index in [-0.39, 0.29) is 51.4 Å². The van der Waals surface area contributed by atoms with Crippen LogP contribution in [0.25, 0.3) is 0 Å². The van der Waals surface area contributed by atoms with Crippen molar-refractivity contribution in [1.82, 2.24) is 4.90 Å². The number of hydrogen-bond acceptors (Lipinski definition) is 1. The van der Waals surface area contributed by atoms with Crippen molar-refractivity contribution in [2.45, 2.75) is 31.9 Å². The molecule has 2 fully saturated rings. The van der Waals surface area contributed by atoms with E-state index < -0.39 is 6.17 Å². The first-order chi connectivity index (χ1) is 5.68. The topological polar surface area (TPSA) is 3.24 Å². The smallest absolute Gasteiger partial charge is 0.336 e. The third-order valence-electron chi connectivity index (χ3n) is 3.03. The minimum Gasteiger partial charge on any atom is -0.336 e. The summed E-state index contributed by atoms with van der Waals surface area (Å²) >= 11 is 0. The van der Waals surface area contributed by atoms with Crippen LogP contribution in [0, 0.1) is 12.3 Å². The van der Waals surface area contributed by atoms with E-state index in [1.807, 2.05) is 0 Å². The van der Waals surface area contributed by atoms with Crippen molar-refractivity contribution in [1.29, 1.82) is 0 Å². The molecule has 0 bridgehead atoms. The van der Waals surface area contributed by atoms with Gasteiger partial charge in [0.2, 0.25) is 0 Å². The largest absolute Gasteiger partial charge is 1.00 e. The number of hydrogen-bond donors (Lipinski definition) is 0. The number of likely N-dealkylation sites (tertiary alicyclic amines) is 1. The normalized spacial score (nSPS) is 28.2. The van der Waals surface area contributed by atoms with E-state index in [0.717, 1.165) is 32.5 Å². The van der Waals surface area contributed by atoms with E-state index in [4.69, 9.17) is 0 Å². The summed E-state index contributed by atoms with van der Waals surface area (Å²) in [6.07, 6.45) is 3.46. The zero-order chi connectivity index (χ0) is 8.60. The number of alkyl halides is 1. The second kappa shape index (κ2) is 5.04. The molecule has 1 heterocycles. The molecule has 0 atom stereocenters. The zero-order valence-corrected chi connectivity index (χ0v) is 11.7. The van der Waals surface area contributed by atoms with Crippen LogP contribution < -0.4 is 51.4 Å². The van der Waals surface area contributed by atoms with Gasteiger partial charge < -0.3 is 11.8 Å². The number of nitrogens with zero attached hydrogens (tertiary/aromatic N) is 1. The number of halogens is 1. The molecule has 0 spiro atoms. The summed E-state index contributed by atoms with van der Waals surface area (Å²) in [5.41, 5.74) is 0.350. The van der Waals surface area contributed by atoms with E-state index in [0.29, 0.717) is 5.41 Å². The molecule has 0 N–H and O–H groups in total. The third-order valence-corrected chi connectivity index (χ3v) is 3.03. The first-order valence-corrected chi connectivity index (χ1v) is 4.90. The third kappa shape index (κ3) is 3.88. The minimum absolute atomic E-state index is 0. The summed E-state index contributed by atoms with van der Waals surface area (Å²) in [6, 6.07) is 0. The van der Waals surface area contributed by atoms with Gasteiger partial charge in [-0.2, -0.15) is 0 Å². The Labute approximate surface area is 123 Å². The summed E-state index contributed by atoms with van der Waals surface area (Å²) in [6.45, 7) is 7.14. The molecule has 1 aliphatic carbocycles. The van der Waals surface area contributed by atoms with Gasteiger partial charge >= 0.3 is 51.4 Å². The fourth-order valence-corrected chi connectivity index (χ4v) is 1.87.